The maximum atomic E-state index is 9.54. The van der Waals surface area contributed by atoms with E-state index in [4.69, 9.17) is 0 Å². The zero-order valence-electron chi connectivity index (χ0n) is 8.18. The molecule has 0 unspecified atom stereocenters. The average molecular weight is 271 g/mol. The van der Waals surface area contributed by atoms with E-state index in [1.165, 1.54) is 0 Å². The number of phenolic OH excluding ortho intramolecular Hbond substituents is 1. The summed E-state index contributed by atoms with van der Waals surface area (Å²) in [4.78, 5) is 0. The number of fused-ring (bicyclic) bond motifs is 1. The fourth-order valence-corrected chi connectivity index (χ4v) is 2.08. The molecule has 2 aromatic rings. The first-order chi connectivity index (χ1) is 7.09. The van der Waals surface area contributed by atoms with Gasteiger partial charge in [0.25, 0.3) is 0 Å². The minimum Gasteiger partial charge on any atom is -0.507 e. The third kappa shape index (κ3) is 1.85. The molecular formula is C10H11BrN2O2. The van der Waals surface area contributed by atoms with Gasteiger partial charge in [-0.05, 0) is 35.0 Å². The Morgan fingerprint density at radius 1 is 1.53 bits per heavy atom. The van der Waals surface area contributed by atoms with Crippen LogP contribution < -0.4 is 0 Å². The maximum absolute atomic E-state index is 9.54. The van der Waals surface area contributed by atoms with Gasteiger partial charge in [0.05, 0.1) is 28.8 Å². The molecule has 5 heteroatoms. The third-order valence-corrected chi connectivity index (χ3v) is 2.94. The van der Waals surface area contributed by atoms with Gasteiger partial charge in [0, 0.05) is 5.39 Å². The first-order valence-corrected chi connectivity index (χ1v) is 5.40. The highest BCUT2D eigenvalue weighted by molar-refractivity contribution is 9.10. The topological polar surface area (TPSA) is 58.3 Å². The lowest BCUT2D eigenvalue weighted by Crippen LogP contribution is -2.12. The Morgan fingerprint density at radius 3 is 2.93 bits per heavy atom. The molecule has 0 aliphatic rings. The fourth-order valence-electron chi connectivity index (χ4n) is 1.51. The SMILES string of the molecule is C[C@@H](O)Cn1ncc2ccc(O)c(Br)c21. The number of halogens is 1. The Kier molecular flexibility index (Phi) is 2.67. The molecule has 0 fully saturated rings. The molecule has 1 aromatic carbocycles. The van der Waals surface area contributed by atoms with Crippen molar-refractivity contribution in [2.45, 2.75) is 19.6 Å². The predicted octanol–water partition coefficient (Wildman–Crippen LogP) is 1.89. The van der Waals surface area contributed by atoms with Crippen LogP contribution in [0.25, 0.3) is 10.9 Å². The largest absolute Gasteiger partial charge is 0.507 e. The maximum Gasteiger partial charge on any atom is 0.131 e. The molecule has 1 atom stereocenters. The molecule has 1 heterocycles. The smallest absolute Gasteiger partial charge is 0.131 e. The second kappa shape index (κ2) is 3.83. The average Bonchev–Trinajstić information content (AvgIpc) is 2.55. The number of phenols is 1. The van der Waals surface area contributed by atoms with Gasteiger partial charge in [0.1, 0.15) is 5.75 Å². The van der Waals surface area contributed by atoms with Gasteiger partial charge in [0.2, 0.25) is 0 Å². The Hall–Kier alpha value is -1.07. The zero-order chi connectivity index (χ0) is 11.0. The first-order valence-electron chi connectivity index (χ1n) is 4.60. The summed E-state index contributed by atoms with van der Waals surface area (Å²) < 4.78 is 2.28. The van der Waals surface area contributed by atoms with Crippen molar-refractivity contribution in [3.63, 3.8) is 0 Å². The minimum atomic E-state index is -0.470. The monoisotopic (exact) mass is 270 g/mol. The van der Waals surface area contributed by atoms with E-state index in [9.17, 15) is 10.2 Å². The molecule has 4 nitrogen and oxygen atoms in total. The fraction of sp³-hybridized carbons (Fsp3) is 0.300. The number of benzene rings is 1. The quantitative estimate of drug-likeness (QED) is 0.876. The van der Waals surface area contributed by atoms with Gasteiger partial charge < -0.3 is 10.2 Å². The molecular weight excluding hydrogens is 260 g/mol. The van der Waals surface area contributed by atoms with Crippen molar-refractivity contribution in [1.29, 1.82) is 0 Å². The predicted molar refractivity (Wildman–Crippen MR) is 60.8 cm³/mol. The second-order valence-electron chi connectivity index (χ2n) is 3.51. The van der Waals surface area contributed by atoms with Crippen molar-refractivity contribution in [2.24, 2.45) is 0 Å². The number of aliphatic hydroxyl groups excluding tert-OH is 1. The molecule has 0 saturated heterocycles. The summed E-state index contributed by atoms with van der Waals surface area (Å²) in [6, 6.07) is 3.40. The van der Waals surface area contributed by atoms with Gasteiger partial charge in [-0.25, -0.2) is 0 Å². The van der Waals surface area contributed by atoms with Gasteiger partial charge in [-0.15, -0.1) is 0 Å². The molecule has 0 saturated carbocycles. The second-order valence-corrected chi connectivity index (χ2v) is 4.31. The molecule has 1 aromatic heterocycles. The summed E-state index contributed by atoms with van der Waals surface area (Å²) in [5.74, 6) is 0.176. The highest BCUT2D eigenvalue weighted by atomic mass is 79.9. The van der Waals surface area contributed by atoms with Gasteiger partial charge in [-0.1, -0.05) is 0 Å². The van der Waals surface area contributed by atoms with E-state index in [-0.39, 0.29) is 5.75 Å². The van der Waals surface area contributed by atoms with Crippen molar-refractivity contribution in [1.82, 2.24) is 9.78 Å². The summed E-state index contributed by atoms with van der Waals surface area (Å²) in [7, 11) is 0. The van der Waals surface area contributed by atoms with Crippen LogP contribution in [0.2, 0.25) is 0 Å². The molecule has 15 heavy (non-hydrogen) atoms. The lowest BCUT2D eigenvalue weighted by atomic mass is 10.2. The van der Waals surface area contributed by atoms with Gasteiger partial charge in [0.15, 0.2) is 0 Å². The van der Waals surface area contributed by atoms with Crippen LogP contribution in [0.3, 0.4) is 0 Å². The van der Waals surface area contributed by atoms with Crippen LogP contribution in [0.5, 0.6) is 5.75 Å². The molecule has 0 aliphatic carbocycles. The Labute approximate surface area is 95.3 Å². The zero-order valence-corrected chi connectivity index (χ0v) is 9.77. The molecule has 0 amide bonds. The first kappa shape index (κ1) is 10.4. The van der Waals surface area contributed by atoms with Gasteiger partial charge in [-0.3, -0.25) is 4.68 Å². The molecule has 80 valence electrons. The molecule has 0 bridgehead atoms. The van der Waals surface area contributed by atoms with Crippen molar-refractivity contribution < 1.29 is 10.2 Å². The van der Waals surface area contributed by atoms with Crippen molar-refractivity contribution in [2.75, 3.05) is 0 Å². The highest BCUT2D eigenvalue weighted by Gasteiger charge is 2.11. The van der Waals surface area contributed by atoms with E-state index in [0.717, 1.165) is 10.9 Å². The minimum absolute atomic E-state index is 0.176. The van der Waals surface area contributed by atoms with Gasteiger partial charge in [-0.2, -0.15) is 5.10 Å². The van der Waals surface area contributed by atoms with E-state index < -0.39 is 6.10 Å². The van der Waals surface area contributed by atoms with Crippen LogP contribution >= 0.6 is 15.9 Å². The van der Waals surface area contributed by atoms with E-state index in [0.29, 0.717) is 11.0 Å². The number of aromatic hydroxyl groups is 1. The number of hydrogen-bond donors (Lipinski definition) is 2. The molecule has 2 rings (SSSR count). The standard InChI is InChI=1S/C10H11BrN2O2/c1-6(14)5-13-10-7(4-12-13)2-3-8(15)9(10)11/h2-4,6,14-15H,5H2,1H3/t6-/m1/s1. The summed E-state index contributed by atoms with van der Waals surface area (Å²) in [5.41, 5.74) is 0.802. The number of aromatic nitrogens is 2. The van der Waals surface area contributed by atoms with Gasteiger partial charge >= 0.3 is 0 Å². The Bertz CT molecular complexity index is 493. The molecule has 2 N–H and O–H groups in total. The Morgan fingerprint density at radius 2 is 2.27 bits per heavy atom. The van der Waals surface area contributed by atoms with E-state index in [1.807, 2.05) is 0 Å². The summed E-state index contributed by atoms with van der Waals surface area (Å²) in [5, 5.41) is 23.9. The number of nitrogens with zero attached hydrogens (tertiary/aromatic N) is 2. The Balaban J connectivity index is 2.61. The number of rotatable bonds is 2. The molecule has 0 spiro atoms. The summed E-state index contributed by atoms with van der Waals surface area (Å²) >= 11 is 3.31. The van der Waals surface area contributed by atoms with Crippen molar-refractivity contribution in [3.8, 4) is 5.75 Å². The normalized spacial score (nSPS) is 13.3. The third-order valence-electron chi connectivity index (χ3n) is 2.16. The van der Waals surface area contributed by atoms with E-state index >= 15 is 0 Å². The van der Waals surface area contributed by atoms with Crippen LogP contribution in [0.4, 0.5) is 0 Å². The van der Waals surface area contributed by atoms with Crippen LogP contribution in [0.1, 0.15) is 6.92 Å². The van der Waals surface area contributed by atoms with Crippen LogP contribution in [-0.2, 0) is 6.54 Å². The number of aliphatic hydroxyl groups is 1. The summed E-state index contributed by atoms with van der Waals surface area (Å²) in [6.07, 6.45) is 1.24. The van der Waals surface area contributed by atoms with Crippen LogP contribution in [-0.4, -0.2) is 26.1 Å². The lowest BCUT2D eigenvalue weighted by molar-refractivity contribution is 0.170. The van der Waals surface area contributed by atoms with E-state index in [1.54, 1.807) is 29.9 Å². The van der Waals surface area contributed by atoms with Crippen LogP contribution in [0, 0.1) is 0 Å². The molecule has 0 radical (unpaired) electrons. The van der Waals surface area contributed by atoms with E-state index in [2.05, 4.69) is 21.0 Å². The summed E-state index contributed by atoms with van der Waals surface area (Å²) in [6.45, 7) is 2.11. The lowest BCUT2D eigenvalue weighted by Gasteiger charge is -2.07. The van der Waals surface area contributed by atoms with Crippen molar-refractivity contribution >= 4 is 26.8 Å². The number of hydrogen-bond acceptors (Lipinski definition) is 3. The van der Waals surface area contributed by atoms with Crippen LogP contribution in [0.15, 0.2) is 22.8 Å². The molecule has 0 aliphatic heterocycles. The highest BCUT2D eigenvalue weighted by Crippen LogP contribution is 2.32. The van der Waals surface area contributed by atoms with Crippen molar-refractivity contribution in [3.05, 3.63) is 22.8 Å².